The van der Waals surface area contributed by atoms with Gasteiger partial charge >= 0.3 is 12.0 Å². The van der Waals surface area contributed by atoms with Gasteiger partial charge in [-0.2, -0.15) is 0 Å². The summed E-state index contributed by atoms with van der Waals surface area (Å²) in [4.78, 5) is 51.0. The molecule has 1 unspecified atom stereocenters. The minimum absolute atomic E-state index is 0.00325. The third-order valence-electron chi connectivity index (χ3n) is 5.31. The number of ether oxygens (including phenoxy) is 1. The van der Waals surface area contributed by atoms with E-state index >= 15 is 0 Å². The third kappa shape index (κ3) is 3.20. The summed E-state index contributed by atoms with van der Waals surface area (Å²) in [7, 11) is 1.18. The number of carbonyl (C=O) groups is 4. The molecular weight excluding hydrogens is 355 g/mol. The zero-order valence-corrected chi connectivity index (χ0v) is 15.8. The Hall–Kier alpha value is -2.77. The zero-order chi connectivity index (χ0) is 20.4. The highest BCUT2D eigenvalue weighted by Gasteiger charge is 2.53. The Morgan fingerprint density at radius 1 is 1.22 bits per heavy atom. The van der Waals surface area contributed by atoms with Crippen molar-refractivity contribution in [3.05, 3.63) is 35.6 Å². The molecule has 8 heteroatoms. The van der Waals surface area contributed by atoms with E-state index < -0.39 is 47.0 Å². The maximum atomic E-state index is 14.2. The number of nitrogens with zero attached hydrogens (tertiary/aromatic N) is 1. The van der Waals surface area contributed by atoms with Crippen LogP contribution in [0.15, 0.2) is 24.3 Å². The van der Waals surface area contributed by atoms with Gasteiger partial charge in [-0.3, -0.25) is 19.3 Å². The Morgan fingerprint density at radius 3 is 2.33 bits per heavy atom. The fraction of sp³-hybridized carbons (Fsp3) is 0.474. The number of benzene rings is 1. The van der Waals surface area contributed by atoms with Crippen LogP contribution in [0.25, 0.3) is 0 Å². The van der Waals surface area contributed by atoms with Crippen LogP contribution in [-0.4, -0.2) is 42.2 Å². The molecule has 1 saturated heterocycles. The second-order valence-electron chi connectivity index (χ2n) is 6.63. The first-order valence-electron chi connectivity index (χ1n) is 8.68. The van der Waals surface area contributed by atoms with Gasteiger partial charge in [0.25, 0.3) is 5.91 Å². The summed E-state index contributed by atoms with van der Waals surface area (Å²) in [5, 5.41) is 2.45. The van der Waals surface area contributed by atoms with Crippen molar-refractivity contribution >= 4 is 23.7 Å². The van der Waals surface area contributed by atoms with Crippen molar-refractivity contribution in [3.8, 4) is 0 Å². The second kappa shape index (κ2) is 7.46. The predicted octanol–water partition coefficient (Wildman–Crippen LogP) is 2.14. The van der Waals surface area contributed by atoms with Crippen LogP contribution in [0.2, 0.25) is 0 Å². The Morgan fingerprint density at radius 2 is 1.81 bits per heavy atom. The van der Waals surface area contributed by atoms with Gasteiger partial charge in [-0.05, 0) is 25.8 Å². The quantitative estimate of drug-likeness (QED) is 0.446. The molecule has 27 heavy (non-hydrogen) atoms. The Kier molecular flexibility index (Phi) is 5.67. The van der Waals surface area contributed by atoms with Crippen molar-refractivity contribution in [3.63, 3.8) is 0 Å². The molecule has 146 valence electrons. The van der Waals surface area contributed by atoms with E-state index in [2.05, 4.69) is 5.32 Å². The van der Waals surface area contributed by atoms with E-state index in [1.807, 2.05) is 0 Å². The normalized spacial score (nSPS) is 19.8. The van der Waals surface area contributed by atoms with E-state index in [1.54, 1.807) is 19.9 Å². The highest BCUT2D eigenvalue weighted by Crippen LogP contribution is 2.33. The molecule has 1 fully saturated rings. The molecule has 1 aliphatic heterocycles. The average molecular weight is 378 g/mol. The zero-order valence-electron chi connectivity index (χ0n) is 15.8. The number of methoxy groups -OCH3 is 1. The van der Waals surface area contributed by atoms with Crippen molar-refractivity contribution < 1.29 is 28.3 Å². The number of nitrogens with one attached hydrogen (secondary N) is 1. The number of ketones is 1. The second-order valence-corrected chi connectivity index (χ2v) is 6.63. The lowest BCUT2D eigenvalue weighted by Crippen LogP contribution is -2.47. The molecule has 1 N–H and O–H groups in total. The SMILES string of the molecule is CCC(CC)(C(=O)CN1C(=O)NC(C)(c2ccccc2F)C1=O)C(=O)OC. The molecule has 1 aromatic carbocycles. The maximum Gasteiger partial charge on any atom is 0.325 e. The number of amides is 3. The highest BCUT2D eigenvalue weighted by molar-refractivity contribution is 6.12. The maximum absolute atomic E-state index is 14.2. The average Bonchev–Trinajstić information content (AvgIpc) is 2.87. The van der Waals surface area contributed by atoms with Gasteiger partial charge < -0.3 is 10.1 Å². The van der Waals surface area contributed by atoms with Crippen LogP contribution in [0.5, 0.6) is 0 Å². The van der Waals surface area contributed by atoms with Gasteiger partial charge in [0.15, 0.2) is 5.78 Å². The van der Waals surface area contributed by atoms with Crippen LogP contribution in [0.4, 0.5) is 9.18 Å². The number of urea groups is 1. The van der Waals surface area contributed by atoms with Gasteiger partial charge in [0, 0.05) is 5.56 Å². The standard InChI is InChI=1S/C19H23FN2O5/c1-5-19(6-2,16(25)27-4)14(23)11-22-15(24)18(3,21-17(22)26)12-9-7-8-10-13(12)20/h7-10H,5-6,11H2,1-4H3,(H,21,26). The molecule has 1 atom stereocenters. The topological polar surface area (TPSA) is 92.8 Å². The van der Waals surface area contributed by atoms with E-state index in [0.29, 0.717) is 0 Å². The van der Waals surface area contributed by atoms with Gasteiger partial charge in [-0.25, -0.2) is 9.18 Å². The Labute approximate surface area is 156 Å². The lowest BCUT2D eigenvalue weighted by atomic mass is 9.78. The van der Waals surface area contributed by atoms with E-state index in [0.717, 1.165) is 4.90 Å². The van der Waals surface area contributed by atoms with E-state index in [1.165, 1.54) is 32.2 Å². The molecule has 0 radical (unpaired) electrons. The summed E-state index contributed by atoms with van der Waals surface area (Å²) in [5.74, 6) is -2.70. The summed E-state index contributed by atoms with van der Waals surface area (Å²) in [6, 6.07) is 4.79. The summed E-state index contributed by atoms with van der Waals surface area (Å²) >= 11 is 0. The molecular formula is C19H23FN2O5. The summed E-state index contributed by atoms with van der Waals surface area (Å²) in [6.07, 6.45) is 0.340. The van der Waals surface area contributed by atoms with Crippen LogP contribution in [0, 0.1) is 11.2 Å². The number of rotatable bonds is 7. The fourth-order valence-corrected chi connectivity index (χ4v) is 3.43. The van der Waals surface area contributed by atoms with Crippen molar-refractivity contribution in [2.24, 2.45) is 5.41 Å². The van der Waals surface area contributed by atoms with Gasteiger partial charge in [-0.15, -0.1) is 0 Å². The van der Waals surface area contributed by atoms with Gasteiger partial charge in [0.2, 0.25) is 0 Å². The molecule has 7 nitrogen and oxygen atoms in total. The molecule has 1 heterocycles. The minimum Gasteiger partial charge on any atom is -0.468 e. The first-order valence-corrected chi connectivity index (χ1v) is 8.68. The van der Waals surface area contributed by atoms with Crippen molar-refractivity contribution in [1.29, 1.82) is 0 Å². The van der Waals surface area contributed by atoms with Crippen LogP contribution in [-0.2, 0) is 24.7 Å². The Balaban J connectivity index is 2.34. The number of esters is 1. The van der Waals surface area contributed by atoms with Crippen molar-refractivity contribution in [2.75, 3.05) is 13.7 Å². The largest absolute Gasteiger partial charge is 0.468 e. The minimum atomic E-state index is -1.63. The predicted molar refractivity (Wildman–Crippen MR) is 94.0 cm³/mol. The lowest BCUT2D eigenvalue weighted by molar-refractivity contribution is -0.159. The molecule has 0 aliphatic carbocycles. The molecule has 0 saturated carbocycles. The highest BCUT2D eigenvalue weighted by atomic mass is 19.1. The summed E-state index contributed by atoms with van der Waals surface area (Å²) in [5.41, 5.74) is -3.06. The number of halogens is 1. The van der Waals surface area contributed by atoms with Crippen LogP contribution in [0.3, 0.4) is 0 Å². The van der Waals surface area contributed by atoms with Crippen molar-refractivity contribution in [1.82, 2.24) is 10.2 Å². The van der Waals surface area contributed by atoms with Crippen LogP contribution < -0.4 is 5.32 Å². The first-order chi connectivity index (χ1) is 12.7. The molecule has 0 spiro atoms. The van der Waals surface area contributed by atoms with E-state index in [9.17, 15) is 23.6 Å². The van der Waals surface area contributed by atoms with Crippen molar-refractivity contribution in [2.45, 2.75) is 39.2 Å². The third-order valence-corrected chi connectivity index (χ3v) is 5.31. The smallest absolute Gasteiger partial charge is 0.325 e. The molecule has 1 aromatic rings. The van der Waals surface area contributed by atoms with Gasteiger partial charge in [-0.1, -0.05) is 32.0 Å². The first kappa shape index (κ1) is 20.5. The van der Waals surface area contributed by atoms with Crippen LogP contribution in [0.1, 0.15) is 39.2 Å². The Bertz CT molecular complexity index is 790. The van der Waals surface area contributed by atoms with Crippen LogP contribution >= 0.6 is 0 Å². The van der Waals surface area contributed by atoms with Gasteiger partial charge in [0.05, 0.1) is 13.7 Å². The van der Waals surface area contributed by atoms with E-state index in [4.69, 9.17) is 4.74 Å². The number of Topliss-reactive ketones (excluding diaryl/α,β-unsaturated/α-hetero) is 1. The fourth-order valence-electron chi connectivity index (χ4n) is 3.43. The molecule has 0 bridgehead atoms. The number of hydrogen-bond acceptors (Lipinski definition) is 5. The molecule has 3 amide bonds. The number of imide groups is 1. The number of carbonyl (C=O) groups excluding carboxylic acids is 4. The monoisotopic (exact) mass is 378 g/mol. The lowest BCUT2D eigenvalue weighted by Gasteiger charge is -2.28. The summed E-state index contributed by atoms with van der Waals surface area (Å²) < 4.78 is 18.9. The van der Waals surface area contributed by atoms with E-state index in [-0.39, 0.29) is 18.4 Å². The molecule has 0 aromatic heterocycles. The molecule has 2 rings (SSSR count). The summed E-state index contributed by atoms with van der Waals surface area (Å²) in [6.45, 7) is 4.11. The van der Waals surface area contributed by atoms with Gasteiger partial charge in [0.1, 0.15) is 16.8 Å². The number of hydrogen-bond donors (Lipinski definition) is 1. The molecule has 1 aliphatic rings.